The van der Waals surface area contributed by atoms with Gasteiger partial charge in [-0.05, 0) is 52.4 Å². The van der Waals surface area contributed by atoms with Gasteiger partial charge in [0.25, 0.3) is 0 Å². The van der Waals surface area contributed by atoms with E-state index in [1.54, 1.807) is 6.07 Å². The summed E-state index contributed by atoms with van der Waals surface area (Å²) in [5.74, 6) is -0.754. The van der Waals surface area contributed by atoms with Crippen molar-refractivity contribution in [2.24, 2.45) is 0 Å². The average Bonchev–Trinajstić information content (AvgIpc) is 2.54. The summed E-state index contributed by atoms with van der Waals surface area (Å²) in [6, 6.07) is 5.64. The van der Waals surface area contributed by atoms with Crippen molar-refractivity contribution < 1.29 is 9.59 Å². The van der Waals surface area contributed by atoms with Gasteiger partial charge in [-0.15, -0.1) is 0 Å². The molecule has 0 atom stereocenters. The molecular weight excluding hydrogens is 280 g/mol. The molecule has 3 heteroatoms. The Kier molecular flexibility index (Phi) is 2.05. The van der Waals surface area contributed by atoms with Crippen LogP contribution in [0.3, 0.4) is 0 Å². The van der Waals surface area contributed by atoms with Crippen LogP contribution in [-0.4, -0.2) is 11.6 Å². The van der Waals surface area contributed by atoms with E-state index in [4.69, 9.17) is 0 Å². The predicted octanol–water partition coefficient (Wildman–Crippen LogP) is 3.60. The van der Waals surface area contributed by atoms with Gasteiger partial charge in [-0.3, -0.25) is 9.59 Å². The molecule has 0 bridgehead atoms. The summed E-state index contributed by atoms with van der Waals surface area (Å²) >= 11 is 3.52. The largest absolute Gasteiger partial charge is 0.285 e. The highest BCUT2D eigenvalue weighted by atomic mass is 79.9. The van der Waals surface area contributed by atoms with E-state index in [0.717, 1.165) is 26.4 Å². The number of ketones is 2. The van der Waals surface area contributed by atoms with Crippen LogP contribution in [0.25, 0.3) is 10.8 Å². The molecule has 1 aliphatic rings. The maximum Gasteiger partial charge on any atom is 0.234 e. The molecule has 0 radical (unpaired) electrons. The van der Waals surface area contributed by atoms with Gasteiger partial charge in [-0.1, -0.05) is 12.1 Å². The third-order valence-corrected chi connectivity index (χ3v) is 4.36. The van der Waals surface area contributed by atoms with Crippen LogP contribution in [0.5, 0.6) is 0 Å². The molecule has 0 N–H and O–H groups in total. The van der Waals surface area contributed by atoms with Crippen molar-refractivity contribution in [3.05, 3.63) is 44.9 Å². The van der Waals surface area contributed by atoms with Crippen molar-refractivity contribution in [1.82, 2.24) is 0 Å². The molecule has 0 unspecified atom stereocenters. The van der Waals surface area contributed by atoms with Crippen LogP contribution < -0.4 is 0 Å². The van der Waals surface area contributed by atoms with Crippen molar-refractivity contribution in [3.8, 4) is 0 Å². The minimum absolute atomic E-state index is 0.374. The van der Waals surface area contributed by atoms with Crippen LogP contribution in [0.4, 0.5) is 0 Å². The minimum Gasteiger partial charge on any atom is -0.285 e. The fourth-order valence-corrected chi connectivity index (χ4v) is 2.89. The average molecular weight is 289 g/mol. The monoisotopic (exact) mass is 288 g/mol. The smallest absolute Gasteiger partial charge is 0.234 e. The quantitative estimate of drug-likeness (QED) is 0.694. The molecule has 2 aromatic rings. The lowest BCUT2D eigenvalue weighted by molar-refractivity contribution is 0.0825. The van der Waals surface area contributed by atoms with Crippen molar-refractivity contribution in [3.63, 3.8) is 0 Å². The standard InChI is InChI=1S/C14H9BrO2/c1-6-3-4-8-11-9(5-7(2)12(8)15)13(16)14(17)10(6)11/h3-5H,1-2H3. The summed E-state index contributed by atoms with van der Waals surface area (Å²) in [7, 11) is 0. The summed E-state index contributed by atoms with van der Waals surface area (Å²) in [6.07, 6.45) is 0. The summed E-state index contributed by atoms with van der Waals surface area (Å²) in [5.41, 5.74) is 2.96. The molecule has 0 amide bonds. The van der Waals surface area contributed by atoms with Gasteiger partial charge >= 0.3 is 0 Å². The van der Waals surface area contributed by atoms with Crippen molar-refractivity contribution in [2.75, 3.05) is 0 Å². The Balaban J connectivity index is 2.64. The van der Waals surface area contributed by atoms with E-state index in [1.165, 1.54) is 0 Å². The number of halogens is 1. The van der Waals surface area contributed by atoms with Gasteiger partial charge in [0.05, 0.1) is 0 Å². The summed E-state index contributed by atoms with van der Waals surface area (Å²) in [5, 5.41) is 1.75. The number of carbonyl (C=O) groups excluding carboxylic acids is 2. The van der Waals surface area contributed by atoms with Gasteiger partial charge < -0.3 is 0 Å². The maximum atomic E-state index is 12.0. The number of benzene rings is 2. The Hall–Kier alpha value is -1.48. The van der Waals surface area contributed by atoms with Crippen molar-refractivity contribution >= 4 is 38.3 Å². The third kappa shape index (κ3) is 1.20. The Labute approximate surface area is 107 Å². The van der Waals surface area contributed by atoms with E-state index in [-0.39, 0.29) is 11.6 Å². The first-order valence-electron chi connectivity index (χ1n) is 5.34. The molecule has 1 aliphatic carbocycles. The second kappa shape index (κ2) is 3.26. The Morgan fingerprint density at radius 2 is 1.71 bits per heavy atom. The second-order valence-corrected chi connectivity index (χ2v) is 5.19. The molecule has 0 aromatic heterocycles. The van der Waals surface area contributed by atoms with Crippen LogP contribution in [0, 0.1) is 13.8 Å². The van der Waals surface area contributed by atoms with Gasteiger partial charge in [0, 0.05) is 21.0 Å². The minimum atomic E-state index is -0.380. The predicted molar refractivity (Wildman–Crippen MR) is 69.8 cm³/mol. The van der Waals surface area contributed by atoms with E-state index >= 15 is 0 Å². The highest BCUT2D eigenvalue weighted by molar-refractivity contribution is 9.10. The lowest BCUT2D eigenvalue weighted by Crippen LogP contribution is -2.07. The molecule has 0 heterocycles. The second-order valence-electron chi connectivity index (χ2n) is 4.39. The third-order valence-electron chi connectivity index (χ3n) is 3.30. The number of rotatable bonds is 0. The molecule has 2 aromatic carbocycles. The zero-order valence-electron chi connectivity index (χ0n) is 9.43. The molecule has 3 rings (SSSR count). The lowest BCUT2D eigenvalue weighted by atomic mass is 9.99. The van der Waals surface area contributed by atoms with Gasteiger partial charge in [-0.2, -0.15) is 0 Å². The topological polar surface area (TPSA) is 34.1 Å². The van der Waals surface area contributed by atoms with Gasteiger partial charge in [0.2, 0.25) is 11.6 Å². The van der Waals surface area contributed by atoms with E-state index < -0.39 is 0 Å². The molecule has 2 nitrogen and oxygen atoms in total. The molecule has 0 fully saturated rings. The molecule has 0 aliphatic heterocycles. The molecular formula is C14H9BrO2. The van der Waals surface area contributed by atoms with E-state index in [9.17, 15) is 9.59 Å². The van der Waals surface area contributed by atoms with Crippen LogP contribution in [0.2, 0.25) is 0 Å². The van der Waals surface area contributed by atoms with Crippen molar-refractivity contribution in [2.45, 2.75) is 13.8 Å². The number of aryl methyl sites for hydroxylation is 2. The van der Waals surface area contributed by atoms with Crippen LogP contribution in [-0.2, 0) is 0 Å². The summed E-state index contributed by atoms with van der Waals surface area (Å²) in [4.78, 5) is 23.9. The first kappa shape index (κ1) is 10.7. The van der Waals surface area contributed by atoms with E-state index in [1.807, 2.05) is 26.0 Å². The highest BCUT2D eigenvalue weighted by Crippen LogP contribution is 2.38. The molecule has 0 saturated heterocycles. The van der Waals surface area contributed by atoms with E-state index in [0.29, 0.717) is 11.1 Å². The molecule has 84 valence electrons. The molecule has 0 spiro atoms. The van der Waals surface area contributed by atoms with Crippen LogP contribution in [0.15, 0.2) is 22.7 Å². The molecule has 17 heavy (non-hydrogen) atoms. The van der Waals surface area contributed by atoms with Gasteiger partial charge in [-0.25, -0.2) is 0 Å². The van der Waals surface area contributed by atoms with E-state index in [2.05, 4.69) is 15.9 Å². The zero-order valence-corrected chi connectivity index (χ0v) is 11.0. The lowest BCUT2D eigenvalue weighted by Gasteiger charge is -2.07. The van der Waals surface area contributed by atoms with Crippen LogP contribution >= 0.6 is 15.9 Å². The Bertz CT molecular complexity index is 714. The maximum absolute atomic E-state index is 12.0. The number of carbonyl (C=O) groups is 2. The molecule has 0 saturated carbocycles. The fraction of sp³-hybridized carbons (Fsp3) is 0.143. The van der Waals surface area contributed by atoms with Crippen molar-refractivity contribution in [1.29, 1.82) is 0 Å². The summed E-state index contributed by atoms with van der Waals surface area (Å²) < 4.78 is 0.958. The normalized spacial score (nSPS) is 13.8. The first-order valence-corrected chi connectivity index (χ1v) is 6.13. The fourth-order valence-electron chi connectivity index (χ4n) is 2.44. The summed E-state index contributed by atoms with van der Waals surface area (Å²) in [6.45, 7) is 3.79. The van der Waals surface area contributed by atoms with Gasteiger partial charge in [0.1, 0.15) is 0 Å². The Morgan fingerprint density at radius 3 is 2.41 bits per heavy atom. The van der Waals surface area contributed by atoms with Crippen LogP contribution in [0.1, 0.15) is 31.8 Å². The Morgan fingerprint density at radius 1 is 1.00 bits per heavy atom. The number of hydrogen-bond acceptors (Lipinski definition) is 2. The number of Topliss-reactive ketones (excluding diaryl/α,β-unsaturated/α-hetero) is 2. The van der Waals surface area contributed by atoms with Gasteiger partial charge in [0.15, 0.2) is 0 Å². The highest BCUT2D eigenvalue weighted by Gasteiger charge is 2.33. The number of hydrogen-bond donors (Lipinski definition) is 0. The SMILES string of the molecule is Cc1cc2c3c(c(C)ccc3c1Br)C(=O)C2=O. The zero-order chi connectivity index (χ0) is 12.3. The first-order chi connectivity index (χ1) is 8.02.